The van der Waals surface area contributed by atoms with Gasteiger partial charge in [0.25, 0.3) is 5.56 Å². The summed E-state index contributed by atoms with van der Waals surface area (Å²) >= 11 is 0. The highest BCUT2D eigenvalue weighted by atomic mass is 28.3. The van der Waals surface area contributed by atoms with E-state index in [1.54, 1.807) is 19.1 Å². The third-order valence-corrected chi connectivity index (χ3v) is 18.4. The number of ketones is 1. The summed E-state index contributed by atoms with van der Waals surface area (Å²) in [4.78, 5) is 41.7. The number of nitrogens with zero attached hydrogens (tertiary/aromatic N) is 1. The van der Waals surface area contributed by atoms with Gasteiger partial charge in [-0.1, -0.05) is 161 Å². The van der Waals surface area contributed by atoms with Gasteiger partial charge in [0.15, 0.2) is 5.78 Å². The molecule has 1 aliphatic heterocycles. The van der Waals surface area contributed by atoms with E-state index in [1.165, 1.54) is 94.2 Å². The van der Waals surface area contributed by atoms with Gasteiger partial charge in [0.2, 0.25) is 0 Å². The molecule has 1 aromatic carbocycles. The number of aromatic amines is 1. The largest absolute Gasteiger partial charge is 0.394 e. The lowest BCUT2D eigenvalue weighted by Crippen LogP contribution is -2.74. The molecule has 0 radical (unpaired) electrons. The Bertz CT molecular complexity index is 1440. The van der Waals surface area contributed by atoms with Crippen molar-refractivity contribution in [1.82, 2.24) is 9.55 Å². The zero-order valence-electron chi connectivity index (χ0n) is 32.5. The van der Waals surface area contributed by atoms with Gasteiger partial charge >= 0.3 is 5.69 Å². The average Bonchev–Trinajstić information content (AvgIpc) is 3.46. The van der Waals surface area contributed by atoms with Crippen molar-refractivity contribution in [2.45, 2.75) is 179 Å². The molecule has 2 heterocycles. The highest BCUT2D eigenvalue weighted by Crippen LogP contribution is 2.53. The summed E-state index contributed by atoms with van der Waals surface area (Å²) in [5.41, 5.74) is -1.26. The number of carbonyl (C=O) groups excluding carboxylic acids is 1. The first-order valence-electron chi connectivity index (χ1n) is 19.8. The van der Waals surface area contributed by atoms with E-state index in [2.05, 4.69) is 11.9 Å². The maximum Gasteiger partial charge on any atom is 0.330 e. The molecular formula is C41H68N2O7Si. The molecule has 9 nitrogen and oxygen atoms in total. The Morgan fingerprint density at radius 3 is 1.94 bits per heavy atom. The second-order valence-corrected chi connectivity index (χ2v) is 21.4. The van der Waals surface area contributed by atoms with Crippen molar-refractivity contribution >= 4 is 13.9 Å². The second-order valence-electron chi connectivity index (χ2n) is 16.1. The minimum Gasteiger partial charge on any atom is -0.394 e. The number of hydrogen-bond acceptors (Lipinski definition) is 7. The fourth-order valence-corrected chi connectivity index (χ4v) is 12.9. The molecule has 1 aliphatic rings. The summed E-state index contributed by atoms with van der Waals surface area (Å²) in [7, 11) is -3.42. The SMILES string of the molecule is CCCCCCCCCCCCCCCCCCOC(C(=O)c1ccccc1)[Si](C)(C(C)(C)C)[C@]1(O)C[C@H](n2cc(C)c(=O)[nH]c2=O)O[C@@H]1CO. The van der Waals surface area contributed by atoms with Gasteiger partial charge in [-0.25, -0.2) is 4.79 Å². The number of unbranched alkanes of at least 4 members (excludes halogenated alkanes) is 15. The quantitative estimate of drug-likeness (QED) is 0.0563. The topological polar surface area (TPSA) is 131 Å². The van der Waals surface area contributed by atoms with E-state index < -0.39 is 54.3 Å². The normalized spacial score (nSPS) is 21.1. The van der Waals surface area contributed by atoms with Gasteiger partial charge in [-0.2, -0.15) is 0 Å². The van der Waals surface area contributed by atoms with Crippen molar-refractivity contribution in [3.8, 4) is 0 Å². The van der Waals surface area contributed by atoms with Crippen LogP contribution in [-0.2, 0) is 9.47 Å². The standard InChI is InChI=1S/C41H68N2O7Si/c1-7-8-9-10-11-12-13-14-15-16-17-18-19-20-21-25-28-49-38(36(45)33-26-23-22-24-27-33)51(6,40(3,4)5)41(48)29-35(50-34(41)31-44)43-30-32(2)37(46)42-39(43)47/h22-24,26-27,30,34-35,38,44,48H,7-21,25,28-29,31H2,1-6H3,(H,42,46,47)/t34-,35-,38?,41-,51?/m1/s1. The monoisotopic (exact) mass is 728 g/mol. The molecule has 1 saturated heterocycles. The Morgan fingerprint density at radius 1 is 0.941 bits per heavy atom. The molecule has 1 aromatic heterocycles. The number of nitrogens with one attached hydrogen (secondary N) is 1. The van der Waals surface area contributed by atoms with Gasteiger partial charge in [0, 0.05) is 30.4 Å². The van der Waals surface area contributed by atoms with Crippen LogP contribution in [0.25, 0.3) is 0 Å². The van der Waals surface area contributed by atoms with Gasteiger partial charge in [0.1, 0.15) is 26.1 Å². The molecule has 1 fully saturated rings. The molecule has 5 atom stereocenters. The Morgan fingerprint density at radius 2 is 1.45 bits per heavy atom. The fraction of sp³-hybridized carbons (Fsp3) is 0.732. The van der Waals surface area contributed by atoms with E-state index in [0.717, 1.165) is 19.3 Å². The average molecular weight is 729 g/mol. The number of aromatic nitrogens is 2. The predicted molar refractivity (Wildman–Crippen MR) is 208 cm³/mol. The van der Waals surface area contributed by atoms with Crippen molar-refractivity contribution in [2.24, 2.45) is 0 Å². The van der Waals surface area contributed by atoms with Crippen LogP contribution in [0.15, 0.2) is 46.1 Å². The highest BCUT2D eigenvalue weighted by Gasteiger charge is 2.68. The Balaban J connectivity index is 1.65. The molecule has 0 bridgehead atoms. The molecule has 0 saturated carbocycles. The number of aliphatic hydroxyl groups excluding tert-OH is 1. The van der Waals surface area contributed by atoms with E-state index in [1.807, 2.05) is 45.5 Å². The number of H-pyrrole nitrogens is 1. The van der Waals surface area contributed by atoms with E-state index in [9.17, 15) is 24.6 Å². The first-order valence-corrected chi connectivity index (χ1v) is 22.4. The third kappa shape index (κ3) is 11.3. The number of hydrogen-bond donors (Lipinski definition) is 3. The molecule has 10 heteroatoms. The summed E-state index contributed by atoms with van der Waals surface area (Å²) in [6, 6.07) is 9.05. The zero-order chi connectivity index (χ0) is 37.5. The Labute approximate surface area is 307 Å². The molecular weight excluding hydrogens is 661 g/mol. The first-order chi connectivity index (χ1) is 24.3. The van der Waals surface area contributed by atoms with Crippen molar-refractivity contribution in [3.05, 3.63) is 68.5 Å². The lowest BCUT2D eigenvalue weighted by atomic mass is 10.0. The van der Waals surface area contributed by atoms with Crippen molar-refractivity contribution in [1.29, 1.82) is 0 Å². The van der Waals surface area contributed by atoms with Crippen LogP contribution in [0.5, 0.6) is 0 Å². The van der Waals surface area contributed by atoms with Crippen molar-refractivity contribution < 1.29 is 24.5 Å². The van der Waals surface area contributed by atoms with Crippen LogP contribution in [0, 0.1) is 6.92 Å². The summed E-state index contributed by atoms with van der Waals surface area (Å²) in [5.74, 6) is -0.193. The van der Waals surface area contributed by atoms with E-state index >= 15 is 0 Å². The van der Waals surface area contributed by atoms with Crippen LogP contribution in [0.2, 0.25) is 11.6 Å². The zero-order valence-corrected chi connectivity index (χ0v) is 33.5. The molecule has 2 aromatic rings. The molecule has 0 aliphatic carbocycles. The van der Waals surface area contributed by atoms with Crippen molar-refractivity contribution in [3.63, 3.8) is 0 Å². The minimum atomic E-state index is -3.42. The third-order valence-electron chi connectivity index (χ3n) is 11.5. The van der Waals surface area contributed by atoms with Gasteiger partial charge in [0.05, 0.1) is 11.8 Å². The van der Waals surface area contributed by atoms with E-state index in [0.29, 0.717) is 17.7 Å². The molecule has 0 amide bonds. The second kappa shape index (κ2) is 20.8. The number of aryl methyl sites for hydroxylation is 1. The molecule has 51 heavy (non-hydrogen) atoms. The van der Waals surface area contributed by atoms with E-state index in [4.69, 9.17) is 9.47 Å². The lowest BCUT2D eigenvalue weighted by molar-refractivity contribution is -0.0623. The number of rotatable bonds is 24. The smallest absolute Gasteiger partial charge is 0.330 e. The number of benzene rings is 1. The van der Waals surface area contributed by atoms with Crippen molar-refractivity contribution in [2.75, 3.05) is 13.2 Å². The predicted octanol–water partition coefficient (Wildman–Crippen LogP) is 8.34. The van der Waals surface area contributed by atoms with Gasteiger partial charge in [-0.15, -0.1) is 0 Å². The molecule has 3 rings (SSSR count). The van der Waals surface area contributed by atoms with Crippen LogP contribution in [0.3, 0.4) is 0 Å². The van der Waals surface area contributed by atoms with Crippen LogP contribution < -0.4 is 11.2 Å². The number of carbonyl (C=O) groups is 1. The lowest BCUT2D eigenvalue weighted by Gasteiger charge is -2.53. The van der Waals surface area contributed by atoms with Crippen LogP contribution in [0.1, 0.15) is 159 Å². The number of ether oxygens (including phenoxy) is 2. The minimum absolute atomic E-state index is 0.0371. The highest BCUT2D eigenvalue weighted by molar-refractivity contribution is 6.88. The Hall–Kier alpha value is -2.37. The summed E-state index contributed by atoms with van der Waals surface area (Å²) in [5, 5.41) is 21.2. The maximum absolute atomic E-state index is 14.4. The summed E-state index contributed by atoms with van der Waals surface area (Å²) < 4.78 is 14.1. The fourth-order valence-electron chi connectivity index (χ4n) is 7.83. The van der Waals surface area contributed by atoms with Gasteiger partial charge in [-0.3, -0.25) is 19.1 Å². The van der Waals surface area contributed by atoms with Crippen LogP contribution in [-0.4, -0.2) is 63.9 Å². The van der Waals surface area contributed by atoms with E-state index in [-0.39, 0.29) is 12.2 Å². The van der Waals surface area contributed by atoms with Gasteiger partial charge < -0.3 is 19.7 Å². The Kier molecular flexibility index (Phi) is 17.5. The molecule has 2 unspecified atom stereocenters. The molecule has 0 spiro atoms. The number of Topliss-reactive ketones (excluding diaryl/α,β-unsaturated/α-hetero) is 1. The molecule has 3 N–H and O–H groups in total. The van der Waals surface area contributed by atoms with Crippen LogP contribution >= 0.6 is 0 Å². The maximum atomic E-state index is 14.4. The van der Waals surface area contributed by atoms with Gasteiger partial charge in [-0.05, 0) is 18.4 Å². The summed E-state index contributed by atoms with van der Waals surface area (Å²) in [6.45, 7) is 11.7. The first kappa shape index (κ1) is 43.0. The van der Waals surface area contributed by atoms with Crippen LogP contribution in [0.4, 0.5) is 0 Å². The molecule has 288 valence electrons. The number of aliphatic hydroxyl groups is 2. The summed E-state index contributed by atoms with van der Waals surface area (Å²) in [6.07, 6.45) is 19.6.